The van der Waals surface area contributed by atoms with Gasteiger partial charge in [-0.15, -0.1) is 5.10 Å². The molecule has 128 valence electrons. The van der Waals surface area contributed by atoms with E-state index in [4.69, 9.17) is 9.84 Å². The van der Waals surface area contributed by atoms with Gasteiger partial charge in [0, 0.05) is 6.07 Å². The van der Waals surface area contributed by atoms with E-state index in [1.54, 1.807) is 0 Å². The quantitative estimate of drug-likeness (QED) is 0.759. The van der Waals surface area contributed by atoms with Crippen LogP contribution in [-0.2, 0) is 4.79 Å². The Hall–Kier alpha value is -3.43. The van der Waals surface area contributed by atoms with E-state index in [-0.39, 0.29) is 23.2 Å². The Balaban J connectivity index is 2.10. The smallest absolute Gasteiger partial charge is 0.341 e. The molecule has 0 saturated heterocycles. The summed E-state index contributed by atoms with van der Waals surface area (Å²) in [4.78, 5) is 18.3. The van der Waals surface area contributed by atoms with Gasteiger partial charge in [0.15, 0.2) is 18.2 Å². The van der Waals surface area contributed by atoms with Crippen LogP contribution in [0.1, 0.15) is 0 Å². The van der Waals surface area contributed by atoms with E-state index < -0.39 is 30.0 Å². The van der Waals surface area contributed by atoms with Gasteiger partial charge in [-0.25, -0.2) is 22.9 Å². The third-order valence-electron chi connectivity index (χ3n) is 3.01. The Morgan fingerprint density at radius 2 is 1.92 bits per heavy atom. The van der Waals surface area contributed by atoms with E-state index in [1.165, 1.54) is 6.07 Å². The van der Waals surface area contributed by atoms with Gasteiger partial charge in [-0.05, 0) is 24.3 Å². The molecule has 2 aromatic heterocycles. The summed E-state index contributed by atoms with van der Waals surface area (Å²) in [7, 11) is 0. The molecule has 3 rings (SSSR count). The first-order valence-corrected chi connectivity index (χ1v) is 6.83. The topological polar surface area (TPSA) is 90.1 Å². The number of nitrogens with zero attached hydrogens (tertiary/aromatic N) is 4. The van der Waals surface area contributed by atoms with Crippen molar-refractivity contribution in [2.24, 2.45) is 0 Å². The molecule has 0 aliphatic carbocycles. The number of ether oxygens (including phenoxy) is 1. The maximum atomic E-state index is 14.1. The predicted octanol–water partition coefficient (Wildman–Crippen LogP) is 2.21. The van der Waals surface area contributed by atoms with Gasteiger partial charge < -0.3 is 9.84 Å². The van der Waals surface area contributed by atoms with E-state index in [0.717, 1.165) is 29.1 Å². The molecule has 0 amide bonds. The number of rotatable bonds is 5. The fourth-order valence-electron chi connectivity index (χ4n) is 1.98. The van der Waals surface area contributed by atoms with E-state index in [1.807, 2.05) is 0 Å². The summed E-state index contributed by atoms with van der Waals surface area (Å²) < 4.78 is 46.2. The number of carboxylic acid groups (broad SMARTS) is 1. The number of halogens is 3. The molecule has 25 heavy (non-hydrogen) atoms. The summed E-state index contributed by atoms with van der Waals surface area (Å²) in [6.07, 6.45) is 0.916. The summed E-state index contributed by atoms with van der Waals surface area (Å²) in [5, 5.41) is 12.5. The molecule has 0 bridgehead atoms. The number of hydrogen-bond donors (Lipinski definition) is 1. The Bertz CT molecular complexity index is 928. The number of carbonyl (C=O) groups is 1. The van der Waals surface area contributed by atoms with Gasteiger partial charge in [-0.3, -0.25) is 0 Å². The van der Waals surface area contributed by atoms with Crippen LogP contribution in [-0.4, -0.2) is 37.4 Å². The highest BCUT2D eigenvalue weighted by atomic mass is 19.1. The molecule has 0 aliphatic heterocycles. The fraction of sp³-hybridized carbons (Fsp3) is 0.0667. The number of aliphatic carboxylic acids is 1. The lowest BCUT2D eigenvalue weighted by molar-refractivity contribution is -0.139. The molecular formula is C15H9F3N4O3. The molecule has 1 aromatic carbocycles. The van der Waals surface area contributed by atoms with Crippen LogP contribution in [0.5, 0.6) is 6.01 Å². The number of benzene rings is 1. The molecule has 2 heterocycles. The molecular weight excluding hydrogens is 341 g/mol. The first-order chi connectivity index (χ1) is 11.9. The zero-order valence-corrected chi connectivity index (χ0v) is 12.4. The van der Waals surface area contributed by atoms with Crippen molar-refractivity contribution in [3.63, 3.8) is 0 Å². The molecule has 0 saturated carbocycles. The van der Waals surface area contributed by atoms with Crippen LogP contribution in [0.15, 0.2) is 36.5 Å². The van der Waals surface area contributed by atoms with Crippen LogP contribution in [0.4, 0.5) is 13.2 Å². The minimum absolute atomic E-state index is 0.0813. The van der Waals surface area contributed by atoms with Gasteiger partial charge in [0.25, 0.3) is 0 Å². The average molecular weight is 350 g/mol. The van der Waals surface area contributed by atoms with Crippen LogP contribution in [0.2, 0.25) is 0 Å². The van der Waals surface area contributed by atoms with Crippen molar-refractivity contribution in [2.45, 2.75) is 0 Å². The van der Waals surface area contributed by atoms with Crippen molar-refractivity contribution < 1.29 is 27.8 Å². The fourth-order valence-corrected chi connectivity index (χ4v) is 1.98. The van der Waals surface area contributed by atoms with Gasteiger partial charge in [0.1, 0.15) is 17.5 Å². The second-order valence-corrected chi connectivity index (χ2v) is 4.77. The molecule has 0 spiro atoms. The SMILES string of the molecule is O=C(O)COc1nc(-c2ccc(F)cc2F)n(-c2ccc(F)cn2)n1. The monoisotopic (exact) mass is 350 g/mol. The summed E-state index contributed by atoms with van der Waals surface area (Å²) in [5.74, 6) is -3.59. The van der Waals surface area contributed by atoms with Crippen molar-refractivity contribution in [1.82, 2.24) is 19.7 Å². The van der Waals surface area contributed by atoms with Crippen LogP contribution in [0, 0.1) is 17.5 Å². The van der Waals surface area contributed by atoms with Gasteiger partial charge in [0.2, 0.25) is 0 Å². The molecule has 10 heteroatoms. The van der Waals surface area contributed by atoms with Crippen molar-refractivity contribution in [3.05, 3.63) is 54.0 Å². The Kier molecular flexibility index (Phi) is 4.33. The standard InChI is InChI=1S/C15H9F3N4O3/c16-8-1-3-10(11(18)5-8)14-20-15(25-7-13(23)24)21-22(14)12-4-2-9(17)6-19-12/h1-6H,7H2,(H,23,24). The van der Waals surface area contributed by atoms with Crippen molar-refractivity contribution in [3.8, 4) is 23.2 Å². The lowest BCUT2D eigenvalue weighted by atomic mass is 10.2. The Morgan fingerprint density at radius 3 is 2.56 bits per heavy atom. The lowest BCUT2D eigenvalue weighted by Crippen LogP contribution is -2.10. The zero-order valence-electron chi connectivity index (χ0n) is 12.4. The summed E-state index contributed by atoms with van der Waals surface area (Å²) in [5.41, 5.74) is -0.120. The lowest BCUT2D eigenvalue weighted by Gasteiger charge is -2.05. The molecule has 7 nitrogen and oxygen atoms in total. The first-order valence-electron chi connectivity index (χ1n) is 6.83. The molecule has 0 radical (unpaired) electrons. The minimum atomic E-state index is -1.26. The van der Waals surface area contributed by atoms with Crippen LogP contribution in [0.25, 0.3) is 17.2 Å². The third-order valence-corrected chi connectivity index (χ3v) is 3.01. The summed E-state index contributed by atoms with van der Waals surface area (Å²) >= 11 is 0. The zero-order chi connectivity index (χ0) is 18.0. The number of hydrogen-bond acceptors (Lipinski definition) is 5. The van der Waals surface area contributed by atoms with Crippen molar-refractivity contribution in [2.75, 3.05) is 6.61 Å². The molecule has 0 atom stereocenters. The maximum absolute atomic E-state index is 14.1. The second-order valence-electron chi connectivity index (χ2n) is 4.77. The highest BCUT2D eigenvalue weighted by Gasteiger charge is 2.19. The highest BCUT2D eigenvalue weighted by molar-refractivity contribution is 5.68. The molecule has 3 aromatic rings. The largest absolute Gasteiger partial charge is 0.479 e. The number of carboxylic acids is 1. The molecule has 0 fully saturated rings. The van der Waals surface area contributed by atoms with Crippen LogP contribution < -0.4 is 4.74 Å². The van der Waals surface area contributed by atoms with E-state index >= 15 is 0 Å². The normalized spacial score (nSPS) is 10.7. The average Bonchev–Trinajstić information content (AvgIpc) is 2.97. The molecule has 1 N–H and O–H groups in total. The number of aromatic nitrogens is 4. The summed E-state index contributed by atoms with van der Waals surface area (Å²) in [6, 6.07) is 4.82. The number of pyridine rings is 1. The minimum Gasteiger partial charge on any atom is -0.479 e. The van der Waals surface area contributed by atoms with Gasteiger partial charge in [-0.1, -0.05) is 0 Å². The van der Waals surface area contributed by atoms with Crippen molar-refractivity contribution in [1.29, 1.82) is 0 Å². The first kappa shape index (κ1) is 16.4. The van der Waals surface area contributed by atoms with E-state index in [9.17, 15) is 18.0 Å². The van der Waals surface area contributed by atoms with Gasteiger partial charge >= 0.3 is 12.0 Å². The Labute approximate surface area is 138 Å². The molecule has 0 unspecified atom stereocenters. The van der Waals surface area contributed by atoms with Crippen molar-refractivity contribution >= 4 is 5.97 Å². The second kappa shape index (κ2) is 6.59. The summed E-state index contributed by atoms with van der Waals surface area (Å²) in [6.45, 7) is -0.716. The van der Waals surface area contributed by atoms with E-state index in [2.05, 4.69) is 15.1 Å². The van der Waals surface area contributed by atoms with Crippen LogP contribution >= 0.6 is 0 Å². The van der Waals surface area contributed by atoms with E-state index in [0.29, 0.717) is 6.07 Å². The van der Waals surface area contributed by atoms with Gasteiger partial charge in [-0.2, -0.15) is 9.67 Å². The maximum Gasteiger partial charge on any atom is 0.341 e. The highest BCUT2D eigenvalue weighted by Crippen LogP contribution is 2.25. The molecule has 0 aliphatic rings. The third kappa shape index (κ3) is 3.57. The van der Waals surface area contributed by atoms with Crippen LogP contribution in [0.3, 0.4) is 0 Å². The van der Waals surface area contributed by atoms with Gasteiger partial charge in [0.05, 0.1) is 11.8 Å². The predicted molar refractivity (Wildman–Crippen MR) is 77.6 cm³/mol. The Morgan fingerprint density at radius 1 is 1.16 bits per heavy atom.